The largest absolute Gasteiger partial charge is 0.513 e. The van der Waals surface area contributed by atoms with E-state index in [-0.39, 0.29) is 24.0 Å². The van der Waals surface area contributed by atoms with Crippen LogP contribution in [0.15, 0.2) is 60.9 Å². The Bertz CT molecular complexity index is 822. The van der Waals surface area contributed by atoms with Crippen molar-refractivity contribution in [3.8, 4) is 0 Å². The molecule has 1 aromatic heterocycles. The third-order valence-electron chi connectivity index (χ3n) is 4.36. The summed E-state index contributed by atoms with van der Waals surface area (Å²) in [5.41, 5.74) is 1.83. The van der Waals surface area contributed by atoms with E-state index >= 15 is 0 Å². The number of aromatic nitrogens is 1. The fraction of sp³-hybridized carbons (Fsp3) is 0.250. The maximum Gasteiger partial charge on any atom is 0.232 e. The molecule has 0 radical (unpaired) electrons. The number of rotatable bonds is 5. The number of hydrogen-bond donors (Lipinski definition) is 1. The molecule has 0 aliphatic carbocycles. The van der Waals surface area contributed by atoms with Crippen LogP contribution in [-0.2, 0) is 0 Å². The SMILES string of the molecule is C=C(O)[C@H](CCC)CC(=O)n1c2ccccc2c2ccccc21. The Morgan fingerprint density at radius 1 is 1.09 bits per heavy atom. The molecule has 0 aliphatic rings. The van der Waals surface area contributed by atoms with Crippen molar-refractivity contribution in [2.45, 2.75) is 26.2 Å². The molecule has 0 unspecified atom stereocenters. The average Bonchev–Trinajstić information content (AvgIpc) is 2.89. The third kappa shape index (κ3) is 2.74. The summed E-state index contributed by atoms with van der Waals surface area (Å²) in [7, 11) is 0. The molecule has 0 saturated heterocycles. The predicted octanol–water partition coefficient (Wildman–Crippen LogP) is 5.31. The first kappa shape index (κ1) is 15.3. The highest BCUT2D eigenvalue weighted by molar-refractivity contribution is 6.13. The van der Waals surface area contributed by atoms with Gasteiger partial charge in [0.25, 0.3) is 0 Å². The highest BCUT2D eigenvalue weighted by Crippen LogP contribution is 2.30. The molecule has 2 aromatic carbocycles. The highest BCUT2D eigenvalue weighted by Gasteiger charge is 2.20. The van der Waals surface area contributed by atoms with E-state index < -0.39 is 0 Å². The minimum atomic E-state index is -0.188. The zero-order chi connectivity index (χ0) is 16.4. The first-order valence-electron chi connectivity index (χ1n) is 8.02. The van der Waals surface area contributed by atoms with Crippen LogP contribution in [0.3, 0.4) is 0 Å². The Morgan fingerprint density at radius 3 is 2.09 bits per heavy atom. The van der Waals surface area contributed by atoms with Gasteiger partial charge in [-0.05, 0) is 18.6 Å². The fourth-order valence-corrected chi connectivity index (χ4v) is 3.23. The Labute approximate surface area is 135 Å². The zero-order valence-electron chi connectivity index (χ0n) is 13.3. The molecule has 3 heteroatoms. The molecule has 0 amide bonds. The van der Waals surface area contributed by atoms with Crippen molar-refractivity contribution in [2.75, 3.05) is 0 Å². The molecule has 23 heavy (non-hydrogen) atoms. The summed E-state index contributed by atoms with van der Waals surface area (Å²) in [6.45, 7) is 5.67. The highest BCUT2D eigenvalue weighted by atomic mass is 16.3. The summed E-state index contributed by atoms with van der Waals surface area (Å²) in [5.74, 6) is -0.0931. The van der Waals surface area contributed by atoms with Gasteiger partial charge >= 0.3 is 0 Å². The maximum atomic E-state index is 12.9. The van der Waals surface area contributed by atoms with Crippen LogP contribution < -0.4 is 0 Å². The normalized spacial score (nSPS) is 12.6. The monoisotopic (exact) mass is 307 g/mol. The van der Waals surface area contributed by atoms with Gasteiger partial charge in [-0.3, -0.25) is 9.36 Å². The van der Waals surface area contributed by atoms with Gasteiger partial charge in [0.05, 0.1) is 16.8 Å². The number of benzene rings is 2. The van der Waals surface area contributed by atoms with Gasteiger partial charge in [-0.25, -0.2) is 0 Å². The first-order valence-corrected chi connectivity index (χ1v) is 8.02. The molecule has 3 rings (SSSR count). The van der Waals surface area contributed by atoms with Crippen molar-refractivity contribution in [3.63, 3.8) is 0 Å². The summed E-state index contributed by atoms with van der Waals surface area (Å²) < 4.78 is 1.77. The lowest BCUT2D eigenvalue weighted by molar-refractivity contribution is 0.0883. The van der Waals surface area contributed by atoms with Crippen molar-refractivity contribution in [1.29, 1.82) is 0 Å². The Morgan fingerprint density at radius 2 is 1.61 bits per heavy atom. The van der Waals surface area contributed by atoms with E-state index in [0.717, 1.165) is 34.6 Å². The first-order chi connectivity index (χ1) is 11.1. The summed E-state index contributed by atoms with van der Waals surface area (Å²) in [4.78, 5) is 12.9. The van der Waals surface area contributed by atoms with Crippen LogP contribution in [0.2, 0.25) is 0 Å². The van der Waals surface area contributed by atoms with E-state index in [1.54, 1.807) is 4.57 Å². The van der Waals surface area contributed by atoms with Gasteiger partial charge < -0.3 is 5.11 Å². The minimum Gasteiger partial charge on any atom is -0.513 e. The molecule has 0 fully saturated rings. The van der Waals surface area contributed by atoms with Crippen molar-refractivity contribution >= 4 is 27.7 Å². The number of fused-ring (bicyclic) bond motifs is 3. The average molecular weight is 307 g/mol. The van der Waals surface area contributed by atoms with Crippen LogP contribution in [0, 0.1) is 5.92 Å². The second-order valence-electron chi connectivity index (χ2n) is 5.94. The van der Waals surface area contributed by atoms with E-state index in [4.69, 9.17) is 0 Å². The number of hydrogen-bond acceptors (Lipinski definition) is 2. The van der Waals surface area contributed by atoms with Crippen LogP contribution in [-0.4, -0.2) is 15.6 Å². The Hall–Kier alpha value is -2.55. The molecule has 0 saturated carbocycles. The molecule has 1 N–H and O–H groups in total. The molecule has 1 atom stereocenters. The molecule has 3 nitrogen and oxygen atoms in total. The number of allylic oxidation sites excluding steroid dienone is 1. The molecule has 3 aromatic rings. The summed E-state index contributed by atoms with van der Waals surface area (Å²) in [5, 5.41) is 11.9. The second-order valence-corrected chi connectivity index (χ2v) is 5.94. The molecular formula is C20H21NO2. The number of carbonyl (C=O) groups excluding carboxylic acids is 1. The Balaban J connectivity index is 2.10. The van der Waals surface area contributed by atoms with E-state index in [1.165, 1.54) is 0 Å². The molecule has 118 valence electrons. The van der Waals surface area contributed by atoms with E-state index in [1.807, 2.05) is 55.5 Å². The van der Waals surface area contributed by atoms with Crippen LogP contribution >= 0.6 is 0 Å². The third-order valence-corrected chi connectivity index (χ3v) is 4.36. The maximum absolute atomic E-state index is 12.9. The lowest BCUT2D eigenvalue weighted by atomic mass is 9.97. The topological polar surface area (TPSA) is 42.2 Å². The van der Waals surface area contributed by atoms with Gasteiger partial charge in [-0.2, -0.15) is 0 Å². The zero-order valence-corrected chi connectivity index (χ0v) is 13.3. The van der Waals surface area contributed by atoms with Gasteiger partial charge in [0.2, 0.25) is 5.91 Å². The second kappa shape index (κ2) is 6.29. The quantitative estimate of drug-likeness (QED) is 0.649. The number of aliphatic hydroxyl groups is 1. The van der Waals surface area contributed by atoms with Gasteiger partial charge in [-0.15, -0.1) is 0 Å². The molecule has 1 heterocycles. The van der Waals surface area contributed by atoms with Gasteiger partial charge in [0.1, 0.15) is 0 Å². The molecular weight excluding hydrogens is 286 g/mol. The van der Waals surface area contributed by atoms with Crippen molar-refractivity contribution in [3.05, 3.63) is 60.9 Å². The van der Waals surface area contributed by atoms with Crippen LogP contribution in [0.5, 0.6) is 0 Å². The molecule has 0 aliphatic heterocycles. The van der Waals surface area contributed by atoms with Crippen LogP contribution in [0.25, 0.3) is 21.8 Å². The van der Waals surface area contributed by atoms with Gasteiger partial charge in [0.15, 0.2) is 0 Å². The smallest absolute Gasteiger partial charge is 0.232 e. The van der Waals surface area contributed by atoms with E-state index in [9.17, 15) is 9.90 Å². The molecule has 0 spiro atoms. The predicted molar refractivity (Wildman–Crippen MR) is 94.9 cm³/mol. The summed E-state index contributed by atoms with van der Waals surface area (Å²) in [6, 6.07) is 15.9. The van der Waals surface area contributed by atoms with Crippen LogP contribution in [0.1, 0.15) is 31.0 Å². The number of carbonyl (C=O) groups is 1. The van der Waals surface area contributed by atoms with Crippen molar-refractivity contribution in [2.24, 2.45) is 5.92 Å². The van der Waals surface area contributed by atoms with E-state index in [0.29, 0.717) is 0 Å². The fourth-order valence-electron chi connectivity index (χ4n) is 3.23. The van der Waals surface area contributed by atoms with Gasteiger partial charge in [0, 0.05) is 23.1 Å². The molecule has 0 bridgehead atoms. The lowest BCUT2D eigenvalue weighted by Crippen LogP contribution is -2.16. The summed E-state index contributed by atoms with van der Waals surface area (Å²) in [6.07, 6.45) is 1.94. The van der Waals surface area contributed by atoms with Crippen LogP contribution in [0.4, 0.5) is 0 Å². The number of nitrogens with zero attached hydrogens (tertiary/aromatic N) is 1. The number of para-hydroxylation sites is 2. The minimum absolute atomic E-state index is 0.00366. The van der Waals surface area contributed by atoms with E-state index in [2.05, 4.69) is 6.58 Å². The summed E-state index contributed by atoms with van der Waals surface area (Å²) >= 11 is 0. The Kier molecular flexibility index (Phi) is 4.20. The lowest BCUT2D eigenvalue weighted by Gasteiger charge is -2.15. The van der Waals surface area contributed by atoms with Gasteiger partial charge in [-0.1, -0.05) is 56.3 Å². The number of aliphatic hydroxyl groups excluding tert-OH is 1. The standard InChI is InChI=1S/C20H21NO2/c1-3-8-15(14(2)22)13-20(23)21-18-11-6-4-9-16(18)17-10-5-7-12-19(17)21/h4-7,9-12,15,22H,2-3,8,13H2,1H3/t15-/m1/s1. The van der Waals surface area contributed by atoms with Crippen molar-refractivity contribution in [1.82, 2.24) is 4.57 Å². The van der Waals surface area contributed by atoms with Crippen molar-refractivity contribution < 1.29 is 9.90 Å².